The summed E-state index contributed by atoms with van der Waals surface area (Å²) in [5.74, 6) is 1.01. The van der Waals surface area contributed by atoms with Crippen molar-refractivity contribution < 1.29 is 19.1 Å². The smallest absolute Gasteiger partial charge is 0.251 e. The predicted molar refractivity (Wildman–Crippen MR) is 86.7 cm³/mol. The zero-order chi connectivity index (χ0) is 16.8. The highest BCUT2D eigenvalue weighted by Gasteiger charge is 2.30. The van der Waals surface area contributed by atoms with Crippen LogP contribution in [0.2, 0.25) is 0 Å². The van der Waals surface area contributed by atoms with E-state index in [0.29, 0.717) is 31.6 Å². The highest BCUT2D eigenvalue weighted by atomic mass is 16.5. The summed E-state index contributed by atoms with van der Waals surface area (Å²) in [6.45, 7) is 1.89. The van der Waals surface area contributed by atoms with E-state index < -0.39 is 0 Å². The molecule has 0 radical (unpaired) electrons. The van der Waals surface area contributed by atoms with Crippen LogP contribution in [0.25, 0.3) is 0 Å². The Morgan fingerprint density at radius 1 is 1.39 bits per heavy atom. The summed E-state index contributed by atoms with van der Waals surface area (Å²) < 4.78 is 10.4. The molecular weight excluding hydrogens is 296 g/mol. The number of benzene rings is 1. The number of likely N-dealkylation sites (tertiary alicyclic amines) is 1. The van der Waals surface area contributed by atoms with Crippen LogP contribution in [0.3, 0.4) is 0 Å². The number of ether oxygens (including phenoxy) is 2. The lowest BCUT2D eigenvalue weighted by Gasteiger charge is -2.17. The number of carbonyl (C=O) groups is 2. The van der Waals surface area contributed by atoms with Crippen LogP contribution >= 0.6 is 0 Å². The summed E-state index contributed by atoms with van der Waals surface area (Å²) in [5.41, 5.74) is 1.56. The zero-order valence-corrected chi connectivity index (χ0v) is 13.9. The lowest BCUT2D eigenvalue weighted by atomic mass is 9.96. The van der Waals surface area contributed by atoms with Crippen LogP contribution in [0.1, 0.15) is 22.3 Å². The Balaban J connectivity index is 2.10. The number of rotatable bonds is 7. The van der Waals surface area contributed by atoms with Crippen molar-refractivity contribution >= 4 is 11.8 Å². The first-order valence-corrected chi connectivity index (χ1v) is 7.74. The maximum absolute atomic E-state index is 12.0. The number of carbonyl (C=O) groups excluding carboxylic acids is 2. The quantitative estimate of drug-likeness (QED) is 0.817. The van der Waals surface area contributed by atoms with Crippen molar-refractivity contribution in [3.8, 4) is 5.75 Å². The molecule has 0 aliphatic carbocycles. The average molecular weight is 320 g/mol. The van der Waals surface area contributed by atoms with E-state index in [1.54, 1.807) is 33.4 Å². The minimum atomic E-state index is -0.127. The Hall–Kier alpha value is -2.08. The lowest BCUT2D eigenvalue weighted by Crippen LogP contribution is -2.29. The van der Waals surface area contributed by atoms with Crippen molar-refractivity contribution in [2.24, 2.45) is 5.92 Å². The summed E-state index contributed by atoms with van der Waals surface area (Å²) in [7, 11) is 4.85. The molecule has 1 aromatic carbocycles. The minimum Gasteiger partial charge on any atom is -0.496 e. The SMILES string of the molecule is CNC(=O)c1ccc(OC)c(C[C@H]2CC(=O)N(CCOC)C2)c1. The van der Waals surface area contributed by atoms with E-state index in [0.717, 1.165) is 17.9 Å². The first kappa shape index (κ1) is 17.3. The highest BCUT2D eigenvalue weighted by molar-refractivity contribution is 5.94. The molecule has 6 nitrogen and oxygen atoms in total. The van der Waals surface area contributed by atoms with Gasteiger partial charge >= 0.3 is 0 Å². The first-order chi connectivity index (χ1) is 11.1. The van der Waals surface area contributed by atoms with Crippen LogP contribution in [-0.4, -0.2) is 57.7 Å². The zero-order valence-electron chi connectivity index (χ0n) is 13.9. The Morgan fingerprint density at radius 2 is 2.17 bits per heavy atom. The minimum absolute atomic E-state index is 0.127. The third-order valence-electron chi connectivity index (χ3n) is 4.14. The highest BCUT2D eigenvalue weighted by Crippen LogP contribution is 2.27. The van der Waals surface area contributed by atoms with Gasteiger partial charge in [0.2, 0.25) is 5.91 Å². The molecule has 1 N–H and O–H groups in total. The van der Waals surface area contributed by atoms with Gasteiger partial charge in [0.15, 0.2) is 0 Å². The standard InChI is InChI=1S/C17H24N2O4/c1-18-17(21)13-4-5-15(23-3)14(10-13)8-12-9-16(20)19(11-12)6-7-22-2/h4-5,10,12H,6-9,11H2,1-3H3,(H,18,21)/t12-/m0/s1. The molecule has 1 aliphatic heterocycles. The average Bonchev–Trinajstić information content (AvgIpc) is 2.91. The topological polar surface area (TPSA) is 67.9 Å². The van der Waals surface area contributed by atoms with E-state index in [1.165, 1.54) is 0 Å². The van der Waals surface area contributed by atoms with Crippen molar-refractivity contribution in [3.63, 3.8) is 0 Å². The summed E-state index contributed by atoms with van der Waals surface area (Å²) in [5, 5.41) is 2.62. The summed E-state index contributed by atoms with van der Waals surface area (Å²) in [6, 6.07) is 5.39. The third-order valence-corrected chi connectivity index (χ3v) is 4.14. The van der Waals surface area contributed by atoms with Crippen LogP contribution in [0.5, 0.6) is 5.75 Å². The Morgan fingerprint density at radius 3 is 2.83 bits per heavy atom. The molecule has 0 saturated carbocycles. The van der Waals surface area contributed by atoms with Crippen molar-refractivity contribution in [2.75, 3.05) is 41.0 Å². The van der Waals surface area contributed by atoms with Gasteiger partial charge < -0.3 is 19.7 Å². The van der Waals surface area contributed by atoms with Gasteiger partial charge in [0.05, 0.1) is 13.7 Å². The van der Waals surface area contributed by atoms with Gasteiger partial charge in [-0.1, -0.05) is 0 Å². The Bertz CT molecular complexity index is 574. The van der Waals surface area contributed by atoms with Crippen molar-refractivity contribution in [1.82, 2.24) is 10.2 Å². The molecule has 23 heavy (non-hydrogen) atoms. The summed E-state index contributed by atoms with van der Waals surface area (Å²) in [6.07, 6.45) is 1.24. The number of nitrogens with zero attached hydrogens (tertiary/aromatic N) is 1. The van der Waals surface area contributed by atoms with E-state index in [9.17, 15) is 9.59 Å². The molecule has 2 amide bonds. The van der Waals surface area contributed by atoms with Gasteiger partial charge in [0.1, 0.15) is 5.75 Å². The van der Waals surface area contributed by atoms with Crippen molar-refractivity contribution in [1.29, 1.82) is 0 Å². The molecule has 6 heteroatoms. The number of hydrogen-bond donors (Lipinski definition) is 1. The lowest BCUT2D eigenvalue weighted by molar-refractivity contribution is -0.128. The largest absolute Gasteiger partial charge is 0.496 e. The van der Waals surface area contributed by atoms with Crippen LogP contribution < -0.4 is 10.1 Å². The second-order valence-electron chi connectivity index (χ2n) is 5.71. The van der Waals surface area contributed by atoms with E-state index in [4.69, 9.17) is 9.47 Å². The molecule has 1 fully saturated rings. The Labute approximate surface area is 136 Å². The number of hydrogen-bond acceptors (Lipinski definition) is 4. The van der Waals surface area contributed by atoms with Gasteiger partial charge in [0, 0.05) is 39.2 Å². The molecule has 0 unspecified atom stereocenters. The van der Waals surface area contributed by atoms with Gasteiger partial charge in [-0.05, 0) is 36.1 Å². The van der Waals surface area contributed by atoms with Gasteiger partial charge in [-0.3, -0.25) is 9.59 Å². The molecule has 0 aromatic heterocycles. The molecule has 1 atom stereocenters. The monoisotopic (exact) mass is 320 g/mol. The third kappa shape index (κ3) is 4.22. The first-order valence-electron chi connectivity index (χ1n) is 7.74. The van der Waals surface area contributed by atoms with Crippen LogP contribution in [0, 0.1) is 5.92 Å². The normalized spacial score (nSPS) is 17.4. The number of amides is 2. The van der Waals surface area contributed by atoms with Gasteiger partial charge in [0.25, 0.3) is 5.91 Å². The van der Waals surface area contributed by atoms with Gasteiger partial charge in [-0.25, -0.2) is 0 Å². The summed E-state index contributed by atoms with van der Waals surface area (Å²) in [4.78, 5) is 25.7. The number of nitrogens with one attached hydrogen (secondary N) is 1. The second-order valence-corrected chi connectivity index (χ2v) is 5.71. The van der Waals surface area contributed by atoms with E-state index >= 15 is 0 Å². The van der Waals surface area contributed by atoms with Gasteiger partial charge in [-0.2, -0.15) is 0 Å². The van der Waals surface area contributed by atoms with Crippen molar-refractivity contribution in [2.45, 2.75) is 12.8 Å². The van der Waals surface area contributed by atoms with Crippen LogP contribution in [-0.2, 0) is 16.0 Å². The maximum Gasteiger partial charge on any atom is 0.251 e. The molecule has 1 heterocycles. The maximum atomic E-state index is 12.0. The molecule has 2 rings (SSSR count). The Kier molecular flexibility index (Phi) is 5.98. The number of methoxy groups -OCH3 is 2. The predicted octanol–water partition coefficient (Wildman–Crippen LogP) is 1.09. The fourth-order valence-corrected chi connectivity index (χ4v) is 2.94. The van der Waals surface area contributed by atoms with E-state index in [-0.39, 0.29) is 17.7 Å². The molecule has 0 bridgehead atoms. The molecule has 1 aromatic rings. The van der Waals surface area contributed by atoms with Crippen LogP contribution in [0.15, 0.2) is 18.2 Å². The fourth-order valence-electron chi connectivity index (χ4n) is 2.94. The second kappa shape index (κ2) is 7.97. The molecular formula is C17H24N2O4. The molecule has 0 spiro atoms. The fraction of sp³-hybridized carbons (Fsp3) is 0.529. The molecule has 1 aliphatic rings. The molecule has 1 saturated heterocycles. The molecule has 126 valence electrons. The summed E-state index contributed by atoms with van der Waals surface area (Å²) >= 11 is 0. The van der Waals surface area contributed by atoms with Gasteiger partial charge in [-0.15, -0.1) is 0 Å². The van der Waals surface area contributed by atoms with E-state index in [1.807, 2.05) is 11.0 Å². The van der Waals surface area contributed by atoms with E-state index in [2.05, 4.69) is 5.32 Å². The van der Waals surface area contributed by atoms with Crippen molar-refractivity contribution in [3.05, 3.63) is 29.3 Å². The van der Waals surface area contributed by atoms with Crippen LogP contribution in [0.4, 0.5) is 0 Å².